The molecule has 0 fully saturated rings. The molecule has 1 aliphatic heterocycles. The third-order valence-corrected chi connectivity index (χ3v) is 6.21. The van der Waals surface area contributed by atoms with Crippen LogP contribution >= 0.6 is 0 Å². The number of hydrogen-bond acceptors (Lipinski definition) is 7. The zero-order valence-corrected chi connectivity index (χ0v) is 21.2. The summed E-state index contributed by atoms with van der Waals surface area (Å²) in [6.45, 7) is 4.69. The lowest BCUT2D eigenvalue weighted by Crippen LogP contribution is -2.21. The number of esters is 1. The quantitative estimate of drug-likeness (QED) is 0.219. The van der Waals surface area contributed by atoms with Crippen molar-refractivity contribution in [2.45, 2.75) is 39.0 Å². The van der Waals surface area contributed by atoms with E-state index >= 15 is 0 Å². The van der Waals surface area contributed by atoms with E-state index in [1.807, 2.05) is 37.3 Å². The highest BCUT2D eigenvalue weighted by Gasteiger charge is 2.31. The SMILES string of the molecule is CCCCCOc1ccc(C2C(C#N)=C(N)Oc3cc(OC(=O)c4ccc(C)cc4)ccc32)cc1OC. The van der Waals surface area contributed by atoms with Crippen molar-refractivity contribution < 1.29 is 23.7 Å². The molecule has 1 heterocycles. The van der Waals surface area contributed by atoms with Crippen molar-refractivity contribution in [3.8, 4) is 29.1 Å². The van der Waals surface area contributed by atoms with Gasteiger partial charge in [-0.1, -0.05) is 49.6 Å². The maximum absolute atomic E-state index is 12.6. The van der Waals surface area contributed by atoms with Crippen molar-refractivity contribution in [3.63, 3.8) is 0 Å². The first-order valence-corrected chi connectivity index (χ1v) is 12.3. The maximum Gasteiger partial charge on any atom is 0.343 e. The number of carbonyl (C=O) groups is 1. The van der Waals surface area contributed by atoms with Crippen LogP contribution in [0.25, 0.3) is 0 Å². The van der Waals surface area contributed by atoms with E-state index in [0.29, 0.717) is 35.2 Å². The summed E-state index contributed by atoms with van der Waals surface area (Å²) < 4.78 is 22.8. The highest BCUT2D eigenvalue weighted by Crippen LogP contribution is 2.45. The van der Waals surface area contributed by atoms with E-state index in [1.54, 1.807) is 37.4 Å². The van der Waals surface area contributed by atoms with Crippen LogP contribution in [0.3, 0.4) is 0 Å². The fraction of sp³-hybridized carbons (Fsp3) is 0.267. The molecule has 7 nitrogen and oxygen atoms in total. The number of methoxy groups -OCH3 is 1. The summed E-state index contributed by atoms with van der Waals surface area (Å²) in [6.07, 6.45) is 3.17. The number of fused-ring (bicyclic) bond motifs is 1. The van der Waals surface area contributed by atoms with E-state index in [4.69, 9.17) is 24.7 Å². The monoisotopic (exact) mass is 498 g/mol. The Hall–Kier alpha value is -4.44. The molecule has 0 aromatic heterocycles. The number of nitriles is 1. The lowest BCUT2D eigenvalue weighted by molar-refractivity contribution is 0.0734. The van der Waals surface area contributed by atoms with Crippen molar-refractivity contribution in [1.82, 2.24) is 0 Å². The molecular formula is C30H30N2O5. The molecule has 1 aliphatic rings. The van der Waals surface area contributed by atoms with Crippen LogP contribution in [0.2, 0.25) is 0 Å². The molecule has 0 aliphatic carbocycles. The maximum atomic E-state index is 12.6. The van der Waals surface area contributed by atoms with Crippen LogP contribution in [0, 0.1) is 18.3 Å². The number of nitrogens with two attached hydrogens (primary N) is 1. The van der Waals surface area contributed by atoms with Crippen LogP contribution in [0.15, 0.2) is 72.1 Å². The Kier molecular flexibility index (Phi) is 7.99. The standard InChI is InChI=1S/C30H30N2O5/c1-4-5-6-15-35-25-14-11-21(16-27(25)34-3)28-23-13-12-22(17-26(23)37-29(32)24(28)18-31)36-30(33)20-9-7-19(2)8-10-20/h7-14,16-17,28H,4-6,15,32H2,1-3H3. The van der Waals surface area contributed by atoms with Crippen LogP contribution in [0.5, 0.6) is 23.0 Å². The molecular weight excluding hydrogens is 468 g/mol. The topological polar surface area (TPSA) is 104 Å². The van der Waals surface area contributed by atoms with Gasteiger partial charge >= 0.3 is 5.97 Å². The average molecular weight is 499 g/mol. The summed E-state index contributed by atoms with van der Waals surface area (Å²) in [6, 6.07) is 20.0. The van der Waals surface area contributed by atoms with Gasteiger partial charge < -0.3 is 24.7 Å². The van der Waals surface area contributed by atoms with E-state index in [0.717, 1.165) is 36.0 Å². The van der Waals surface area contributed by atoms with Crippen LogP contribution in [0.4, 0.5) is 0 Å². The Morgan fingerprint density at radius 3 is 2.54 bits per heavy atom. The second kappa shape index (κ2) is 11.5. The van der Waals surface area contributed by atoms with Crippen LogP contribution in [-0.4, -0.2) is 19.7 Å². The van der Waals surface area contributed by atoms with Gasteiger partial charge in [-0.05, 0) is 49.2 Å². The Balaban J connectivity index is 1.63. The van der Waals surface area contributed by atoms with Gasteiger partial charge in [0, 0.05) is 11.6 Å². The lowest BCUT2D eigenvalue weighted by Gasteiger charge is -2.27. The zero-order valence-electron chi connectivity index (χ0n) is 21.2. The molecule has 0 spiro atoms. The van der Waals surface area contributed by atoms with Crippen LogP contribution in [0.1, 0.15) is 59.2 Å². The molecule has 7 heteroatoms. The Bertz CT molecular complexity index is 1360. The van der Waals surface area contributed by atoms with E-state index in [2.05, 4.69) is 13.0 Å². The number of ether oxygens (including phenoxy) is 4. The molecule has 0 amide bonds. The molecule has 0 radical (unpaired) electrons. The number of carbonyl (C=O) groups excluding carboxylic acids is 1. The van der Waals surface area contributed by atoms with E-state index in [9.17, 15) is 10.1 Å². The number of allylic oxidation sites excluding steroid dienone is 1. The molecule has 3 aromatic rings. The molecule has 2 N–H and O–H groups in total. The Morgan fingerprint density at radius 2 is 1.84 bits per heavy atom. The molecule has 4 rings (SSSR count). The van der Waals surface area contributed by atoms with E-state index in [-0.39, 0.29) is 11.5 Å². The first kappa shape index (κ1) is 25.6. The highest BCUT2D eigenvalue weighted by molar-refractivity contribution is 5.91. The third-order valence-electron chi connectivity index (χ3n) is 6.21. The predicted octanol–water partition coefficient (Wildman–Crippen LogP) is 6.01. The van der Waals surface area contributed by atoms with Gasteiger partial charge in [0.25, 0.3) is 0 Å². The zero-order chi connectivity index (χ0) is 26.4. The summed E-state index contributed by atoms with van der Waals surface area (Å²) >= 11 is 0. The summed E-state index contributed by atoms with van der Waals surface area (Å²) in [5, 5.41) is 9.89. The van der Waals surface area contributed by atoms with Crippen molar-refractivity contribution in [3.05, 3.63) is 94.4 Å². The summed E-state index contributed by atoms with van der Waals surface area (Å²) in [5.74, 6) is 0.969. The molecule has 3 aromatic carbocycles. The number of nitrogens with zero attached hydrogens (tertiary/aromatic N) is 1. The van der Waals surface area contributed by atoms with Gasteiger partial charge in [0.2, 0.25) is 5.88 Å². The van der Waals surface area contributed by atoms with E-state index in [1.165, 1.54) is 0 Å². The fourth-order valence-corrected chi connectivity index (χ4v) is 4.21. The minimum Gasteiger partial charge on any atom is -0.493 e. The summed E-state index contributed by atoms with van der Waals surface area (Å²) in [7, 11) is 1.58. The van der Waals surface area contributed by atoms with Gasteiger partial charge in [0.15, 0.2) is 11.5 Å². The van der Waals surface area contributed by atoms with E-state index < -0.39 is 11.9 Å². The first-order chi connectivity index (χ1) is 17.9. The second-order valence-electron chi connectivity index (χ2n) is 8.85. The molecule has 190 valence electrons. The molecule has 37 heavy (non-hydrogen) atoms. The van der Waals surface area contributed by atoms with Crippen molar-refractivity contribution in [1.29, 1.82) is 5.26 Å². The number of hydrogen-bond donors (Lipinski definition) is 1. The Labute approximate surface area is 217 Å². The Morgan fingerprint density at radius 1 is 1.05 bits per heavy atom. The van der Waals surface area contributed by atoms with Gasteiger partial charge in [-0.25, -0.2) is 4.79 Å². The van der Waals surface area contributed by atoms with Gasteiger partial charge in [-0.2, -0.15) is 5.26 Å². The largest absolute Gasteiger partial charge is 0.493 e. The van der Waals surface area contributed by atoms with Crippen LogP contribution < -0.4 is 24.7 Å². The molecule has 0 bridgehead atoms. The smallest absolute Gasteiger partial charge is 0.343 e. The number of aryl methyl sites for hydroxylation is 1. The number of unbranched alkanes of at least 4 members (excludes halogenated alkanes) is 2. The fourth-order valence-electron chi connectivity index (χ4n) is 4.21. The average Bonchev–Trinajstić information content (AvgIpc) is 2.90. The minimum absolute atomic E-state index is 0.000806. The predicted molar refractivity (Wildman–Crippen MR) is 140 cm³/mol. The van der Waals surface area contributed by atoms with Crippen molar-refractivity contribution >= 4 is 5.97 Å². The first-order valence-electron chi connectivity index (χ1n) is 12.3. The van der Waals surface area contributed by atoms with Gasteiger partial charge in [-0.3, -0.25) is 0 Å². The lowest BCUT2D eigenvalue weighted by atomic mass is 9.83. The minimum atomic E-state index is -0.487. The molecule has 1 unspecified atom stereocenters. The molecule has 0 saturated heterocycles. The van der Waals surface area contributed by atoms with Gasteiger partial charge in [0.1, 0.15) is 23.1 Å². The number of benzene rings is 3. The second-order valence-corrected chi connectivity index (χ2v) is 8.85. The highest BCUT2D eigenvalue weighted by atomic mass is 16.5. The summed E-state index contributed by atoms with van der Waals surface area (Å²) in [4.78, 5) is 12.6. The van der Waals surface area contributed by atoms with Crippen LogP contribution in [-0.2, 0) is 0 Å². The van der Waals surface area contributed by atoms with Gasteiger partial charge in [-0.15, -0.1) is 0 Å². The molecule has 1 atom stereocenters. The normalized spacial score (nSPS) is 14.3. The van der Waals surface area contributed by atoms with Gasteiger partial charge in [0.05, 0.1) is 25.2 Å². The van der Waals surface area contributed by atoms with Crippen molar-refractivity contribution in [2.75, 3.05) is 13.7 Å². The van der Waals surface area contributed by atoms with Crippen molar-refractivity contribution in [2.24, 2.45) is 5.73 Å². The molecule has 0 saturated carbocycles. The third kappa shape index (κ3) is 5.70. The summed E-state index contributed by atoms with van der Waals surface area (Å²) in [5.41, 5.74) is 9.45. The number of rotatable bonds is 9.